The zero-order chi connectivity index (χ0) is 12.1. The van der Waals surface area contributed by atoms with Gasteiger partial charge in [0, 0.05) is 32.1 Å². The Balaban J connectivity index is 1.55. The van der Waals surface area contributed by atoms with Crippen LogP contribution in [0.25, 0.3) is 0 Å². The minimum atomic E-state index is 0.0614. The van der Waals surface area contributed by atoms with Crippen molar-refractivity contribution in [2.45, 2.75) is 31.9 Å². The Morgan fingerprint density at radius 2 is 2.41 bits per heavy atom. The van der Waals surface area contributed by atoms with E-state index in [1.807, 2.05) is 12.1 Å². The third-order valence-electron chi connectivity index (χ3n) is 3.13. The van der Waals surface area contributed by atoms with Crippen molar-refractivity contribution in [2.75, 3.05) is 26.2 Å². The van der Waals surface area contributed by atoms with Gasteiger partial charge in [0.1, 0.15) is 5.76 Å². The molecule has 1 aliphatic heterocycles. The van der Waals surface area contributed by atoms with Crippen LogP contribution in [0.4, 0.5) is 0 Å². The zero-order valence-electron chi connectivity index (χ0n) is 10.7. The number of hydrogen-bond donors (Lipinski definition) is 2. The highest BCUT2D eigenvalue weighted by Gasteiger charge is 2.31. The highest BCUT2D eigenvalue weighted by molar-refractivity contribution is 4.99. The Bertz CT molecular complexity index is 320. The van der Waals surface area contributed by atoms with Crippen LogP contribution in [-0.2, 0) is 11.2 Å². The quantitative estimate of drug-likeness (QED) is 0.700. The summed E-state index contributed by atoms with van der Waals surface area (Å²) in [5.74, 6) is 1.03. The molecule has 0 spiro atoms. The van der Waals surface area contributed by atoms with Crippen LogP contribution in [0.2, 0.25) is 0 Å². The second-order valence-electron chi connectivity index (χ2n) is 5.04. The van der Waals surface area contributed by atoms with E-state index in [1.165, 1.54) is 0 Å². The van der Waals surface area contributed by atoms with E-state index in [4.69, 9.17) is 9.15 Å². The fourth-order valence-corrected chi connectivity index (χ4v) is 1.98. The van der Waals surface area contributed by atoms with Gasteiger partial charge in [0.15, 0.2) is 0 Å². The lowest BCUT2D eigenvalue weighted by Crippen LogP contribution is -2.59. The van der Waals surface area contributed by atoms with Crippen molar-refractivity contribution < 1.29 is 9.15 Å². The third kappa shape index (κ3) is 3.84. The molecule has 17 heavy (non-hydrogen) atoms. The molecule has 1 fully saturated rings. The molecule has 0 aromatic carbocycles. The van der Waals surface area contributed by atoms with E-state index in [2.05, 4.69) is 24.5 Å². The fraction of sp³-hybridized carbons (Fsp3) is 0.692. The lowest BCUT2D eigenvalue weighted by atomic mass is 10.0. The molecule has 1 atom stereocenters. The summed E-state index contributed by atoms with van der Waals surface area (Å²) in [7, 11) is 0. The zero-order valence-corrected chi connectivity index (χ0v) is 10.7. The van der Waals surface area contributed by atoms with Crippen molar-refractivity contribution in [2.24, 2.45) is 0 Å². The predicted octanol–water partition coefficient (Wildman–Crippen LogP) is 1.18. The first-order valence-corrected chi connectivity index (χ1v) is 6.28. The van der Waals surface area contributed by atoms with E-state index >= 15 is 0 Å². The number of furan rings is 1. The summed E-state index contributed by atoms with van der Waals surface area (Å²) in [5.41, 5.74) is 0.0614. The lowest BCUT2D eigenvalue weighted by molar-refractivity contribution is -0.0652. The van der Waals surface area contributed by atoms with Crippen LogP contribution in [0.1, 0.15) is 19.6 Å². The van der Waals surface area contributed by atoms with Gasteiger partial charge >= 0.3 is 0 Å². The average molecular weight is 238 g/mol. The van der Waals surface area contributed by atoms with Crippen LogP contribution in [0.15, 0.2) is 22.8 Å². The molecular weight excluding hydrogens is 216 g/mol. The lowest BCUT2D eigenvalue weighted by Gasteiger charge is -2.39. The maximum Gasteiger partial charge on any atom is 0.105 e. The maximum atomic E-state index is 5.80. The Morgan fingerprint density at radius 1 is 1.59 bits per heavy atom. The number of rotatable bonds is 7. The highest BCUT2D eigenvalue weighted by Crippen LogP contribution is 2.14. The second kappa shape index (κ2) is 5.67. The van der Waals surface area contributed by atoms with Gasteiger partial charge in [-0.3, -0.25) is 0 Å². The molecule has 0 amide bonds. The Kier molecular flexibility index (Phi) is 4.20. The summed E-state index contributed by atoms with van der Waals surface area (Å²) < 4.78 is 11.1. The summed E-state index contributed by atoms with van der Waals surface area (Å²) >= 11 is 0. The first-order chi connectivity index (χ1) is 8.18. The summed E-state index contributed by atoms with van der Waals surface area (Å²) in [5, 5.41) is 6.66. The first-order valence-electron chi connectivity index (χ1n) is 6.28. The van der Waals surface area contributed by atoms with Gasteiger partial charge in [-0.2, -0.15) is 0 Å². The summed E-state index contributed by atoms with van der Waals surface area (Å²) in [6.45, 7) is 7.90. The van der Waals surface area contributed by atoms with Gasteiger partial charge < -0.3 is 19.8 Å². The van der Waals surface area contributed by atoms with E-state index in [1.54, 1.807) is 6.26 Å². The molecule has 0 aliphatic carbocycles. The number of ether oxygens (including phenoxy) is 1. The Labute approximate surface area is 103 Å². The van der Waals surface area contributed by atoms with Crippen LogP contribution < -0.4 is 10.6 Å². The standard InChI is InChI=1S/C13H22N2O2/c1-11(8-12-4-3-6-16-12)15-5-7-17-13(2)9-14-10-13/h3-4,6,11,14-15H,5,7-10H2,1-2H3. The molecule has 0 radical (unpaired) electrons. The van der Waals surface area contributed by atoms with Gasteiger partial charge in [-0.05, 0) is 26.0 Å². The van der Waals surface area contributed by atoms with Crippen LogP contribution in [0.5, 0.6) is 0 Å². The van der Waals surface area contributed by atoms with E-state index in [-0.39, 0.29) is 5.60 Å². The van der Waals surface area contributed by atoms with Crippen molar-refractivity contribution in [3.05, 3.63) is 24.2 Å². The molecule has 1 aliphatic rings. The van der Waals surface area contributed by atoms with Gasteiger partial charge in [-0.25, -0.2) is 0 Å². The third-order valence-corrected chi connectivity index (χ3v) is 3.13. The monoisotopic (exact) mass is 238 g/mol. The van der Waals surface area contributed by atoms with E-state index < -0.39 is 0 Å². The molecule has 2 rings (SSSR count). The van der Waals surface area contributed by atoms with Gasteiger partial charge in [-0.15, -0.1) is 0 Å². The molecule has 96 valence electrons. The summed E-state index contributed by atoms with van der Waals surface area (Å²) in [6.07, 6.45) is 2.64. The van der Waals surface area contributed by atoms with Crippen molar-refractivity contribution in [1.82, 2.24) is 10.6 Å². The summed E-state index contributed by atoms with van der Waals surface area (Å²) in [6, 6.07) is 4.35. The summed E-state index contributed by atoms with van der Waals surface area (Å²) in [4.78, 5) is 0. The van der Waals surface area contributed by atoms with Gasteiger partial charge in [0.25, 0.3) is 0 Å². The molecule has 1 aromatic rings. The minimum absolute atomic E-state index is 0.0614. The normalized spacial score (nSPS) is 19.9. The average Bonchev–Trinajstić information content (AvgIpc) is 2.74. The van der Waals surface area contributed by atoms with Crippen LogP contribution in [0, 0.1) is 0 Å². The Morgan fingerprint density at radius 3 is 3.00 bits per heavy atom. The number of nitrogens with one attached hydrogen (secondary N) is 2. The van der Waals surface area contributed by atoms with Crippen molar-refractivity contribution >= 4 is 0 Å². The largest absolute Gasteiger partial charge is 0.469 e. The highest BCUT2D eigenvalue weighted by atomic mass is 16.5. The van der Waals surface area contributed by atoms with E-state index in [0.29, 0.717) is 6.04 Å². The smallest absolute Gasteiger partial charge is 0.105 e. The van der Waals surface area contributed by atoms with Crippen LogP contribution >= 0.6 is 0 Å². The molecule has 1 unspecified atom stereocenters. The van der Waals surface area contributed by atoms with Gasteiger partial charge in [-0.1, -0.05) is 0 Å². The van der Waals surface area contributed by atoms with Crippen LogP contribution in [-0.4, -0.2) is 37.9 Å². The Hall–Kier alpha value is -0.840. The second-order valence-corrected chi connectivity index (χ2v) is 5.04. The maximum absolute atomic E-state index is 5.80. The molecule has 0 bridgehead atoms. The molecule has 0 saturated carbocycles. The molecule has 1 aromatic heterocycles. The number of hydrogen-bond acceptors (Lipinski definition) is 4. The van der Waals surface area contributed by atoms with Crippen molar-refractivity contribution in [3.63, 3.8) is 0 Å². The first kappa shape index (κ1) is 12.6. The minimum Gasteiger partial charge on any atom is -0.469 e. The van der Waals surface area contributed by atoms with Gasteiger partial charge in [0.05, 0.1) is 18.5 Å². The van der Waals surface area contributed by atoms with Crippen molar-refractivity contribution in [1.29, 1.82) is 0 Å². The fourth-order valence-electron chi connectivity index (χ4n) is 1.98. The topological polar surface area (TPSA) is 46.4 Å². The van der Waals surface area contributed by atoms with E-state index in [0.717, 1.165) is 38.4 Å². The van der Waals surface area contributed by atoms with Crippen molar-refractivity contribution in [3.8, 4) is 0 Å². The molecule has 4 heteroatoms. The molecule has 2 heterocycles. The molecule has 1 saturated heterocycles. The molecule has 2 N–H and O–H groups in total. The van der Waals surface area contributed by atoms with E-state index in [9.17, 15) is 0 Å². The SMILES string of the molecule is CC(Cc1ccco1)NCCOC1(C)CNC1. The molecular formula is C13H22N2O2. The van der Waals surface area contributed by atoms with Crippen LogP contribution in [0.3, 0.4) is 0 Å². The predicted molar refractivity (Wildman–Crippen MR) is 67.1 cm³/mol. The molecule has 4 nitrogen and oxygen atoms in total. The van der Waals surface area contributed by atoms with Gasteiger partial charge in [0.2, 0.25) is 0 Å².